The topological polar surface area (TPSA) is 61.9 Å². The largest absolute Gasteiger partial charge is 0.341 e. The quantitative estimate of drug-likeness (QED) is 0.928. The van der Waals surface area contributed by atoms with Crippen LogP contribution in [0.4, 0.5) is 0 Å². The Morgan fingerprint density at radius 2 is 2.09 bits per heavy atom. The number of amides is 1. The molecule has 1 unspecified atom stereocenters. The Hall–Kier alpha value is -1.39. The van der Waals surface area contributed by atoms with E-state index in [4.69, 9.17) is 0 Å². The summed E-state index contributed by atoms with van der Waals surface area (Å²) in [6.45, 7) is 3.69. The molecule has 1 amide bonds. The van der Waals surface area contributed by atoms with E-state index in [1.807, 2.05) is 6.92 Å². The van der Waals surface area contributed by atoms with Gasteiger partial charge in [0.25, 0.3) is 0 Å². The zero-order valence-corrected chi connectivity index (χ0v) is 14.2. The van der Waals surface area contributed by atoms with E-state index in [-0.39, 0.29) is 5.41 Å². The van der Waals surface area contributed by atoms with Crippen LogP contribution in [0.3, 0.4) is 0 Å². The fourth-order valence-corrected chi connectivity index (χ4v) is 4.95. The molecular formula is C18H28N4O. The third-order valence-electron chi connectivity index (χ3n) is 6.52. The molecule has 5 heteroatoms. The minimum atomic E-state index is 0.262. The van der Waals surface area contributed by atoms with Crippen molar-refractivity contribution in [3.63, 3.8) is 0 Å². The number of aryl methyl sites for hydroxylation is 1. The van der Waals surface area contributed by atoms with E-state index in [9.17, 15) is 4.79 Å². The molecule has 0 aromatic carbocycles. The van der Waals surface area contributed by atoms with Gasteiger partial charge in [0.15, 0.2) is 5.82 Å². The van der Waals surface area contributed by atoms with E-state index in [0.29, 0.717) is 11.8 Å². The van der Waals surface area contributed by atoms with Crippen LogP contribution in [0.1, 0.15) is 75.4 Å². The summed E-state index contributed by atoms with van der Waals surface area (Å²) in [6.07, 6.45) is 10.9. The van der Waals surface area contributed by atoms with Crippen molar-refractivity contribution in [2.75, 3.05) is 13.1 Å². The number of aromatic nitrogens is 3. The molecule has 1 spiro atoms. The number of nitrogens with zero attached hydrogens (tertiary/aromatic N) is 3. The Bertz CT molecular complexity index is 571. The summed E-state index contributed by atoms with van der Waals surface area (Å²) in [6, 6.07) is 0. The first-order valence-corrected chi connectivity index (χ1v) is 9.33. The van der Waals surface area contributed by atoms with Crippen LogP contribution in [-0.2, 0) is 4.79 Å². The Kier molecular flexibility index (Phi) is 3.90. The van der Waals surface area contributed by atoms with Gasteiger partial charge in [-0.15, -0.1) is 0 Å². The molecule has 1 aromatic heterocycles. The summed E-state index contributed by atoms with van der Waals surface area (Å²) in [5.41, 5.74) is 0.262. The smallest absolute Gasteiger partial charge is 0.222 e. The summed E-state index contributed by atoms with van der Waals surface area (Å²) < 4.78 is 0. The van der Waals surface area contributed by atoms with E-state index in [1.54, 1.807) is 0 Å². The lowest BCUT2D eigenvalue weighted by Crippen LogP contribution is -2.38. The molecule has 1 saturated heterocycles. The molecule has 23 heavy (non-hydrogen) atoms. The SMILES string of the molecule is Cc1nc(C2CN(C(=O)CCC3CCCC3)CC23CCC3)n[nH]1. The van der Waals surface area contributed by atoms with Crippen molar-refractivity contribution in [3.8, 4) is 0 Å². The zero-order chi connectivity index (χ0) is 15.9. The second kappa shape index (κ2) is 5.91. The predicted octanol–water partition coefficient (Wildman–Crippen LogP) is 3.18. The van der Waals surface area contributed by atoms with Gasteiger partial charge in [-0.1, -0.05) is 32.1 Å². The van der Waals surface area contributed by atoms with Crippen molar-refractivity contribution in [1.82, 2.24) is 20.1 Å². The number of hydrogen-bond donors (Lipinski definition) is 1. The molecule has 2 aliphatic carbocycles. The van der Waals surface area contributed by atoms with Crippen molar-refractivity contribution in [2.24, 2.45) is 11.3 Å². The van der Waals surface area contributed by atoms with Gasteiger partial charge in [-0.2, -0.15) is 5.10 Å². The van der Waals surface area contributed by atoms with Gasteiger partial charge in [-0.3, -0.25) is 9.89 Å². The normalized spacial score (nSPS) is 26.8. The highest BCUT2D eigenvalue weighted by Gasteiger charge is 2.53. The number of hydrogen-bond acceptors (Lipinski definition) is 3. The minimum absolute atomic E-state index is 0.262. The van der Waals surface area contributed by atoms with Crippen LogP contribution in [-0.4, -0.2) is 39.1 Å². The van der Waals surface area contributed by atoms with Crippen LogP contribution >= 0.6 is 0 Å². The first-order valence-electron chi connectivity index (χ1n) is 9.33. The fraction of sp³-hybridized carbons (Fsp3) is 0.833. The number of aromatic amines is 1. The molecule has 0 radical (unpaired) electrons. The molecule has 0 bridgehead atoms. The van der Waals surface area contributed by atoms with Gasteiger partial charge in [-0.05, 0) is 37.5 Å². The molecule has 3 fully saturated rings. The Balaban J connectivity index is 1.41. The summed E-state index contributed by atoms with van der Waals surface area (Å²) in [7, 11) is 0. The number of carbonyl (C=O) groups is 1. The third kappa shape index (κ3) is 2.79. The van der Waals surface area contributed by atoms with Gasteiger partial charge < -0.3 is 4.90 Å². The van der Waals surface area contributed by atoms with E-state index < -0.39 is 0 Å². The fourth-order valence-electron chi connectivity index (χ4n) is 4.95. The number of likely N-dealkylation sites (tertiary alicyclic amines) is 1. The molecule has 126 valence electrons. The number of carbonyl (C=O) groups excluding carboxylic acids is 1. The van der Waals surface area contributed by atoms with Crippen molar-refractivity contribution in [3.05, 3.63) is 11.6 Å². The minimum Gasteiger partial charge on any atom is -0.341 e. The maximum Gasteiger partial charge on any atom is 0.222 e. The van der Waals surface area contributed by atoms with Crippen LogP contribution in [0.5, 0.6) is 0 Å². The van der Waals surface area contributed by atoms with Crippen LogP contribution in [0.25, 0.3) is 0 Å². The molecule has 1 aliphatic heterocycles. The Morgan fingerprint density at radius 1 is 1.30 bits per heavy atom. The molecule has 2 saturated carbocycles. The monoisotopic (exact) mass is 316 g/mol. The summed E-state index contributed by atoms with van der Waals surface area (Å²) in [4.78, 5) is 19.4. The summed E-state index contributed by atoms with van der Waals surface area (Å²) in [5, 5.41) is 7.38. The van der Waals surface area contributed by atoms with Gasteiger partial charge in [-0.25, -0.2) is 4.98 Å². The first kappa shape index (κ1) is 15.2. The van der Waals surface area contributed by atoms with Gasteiger partial charge >= 0.3 is 0 Å². The highest BCUT2D eigenvalue weighted by Crippen LogP contribution is 2.55. The first-order chi connectivity index (χ1) is 11.2. The average Bonchev–Trinajstić information content (AvgIpc) is 3.22. The lowest BCUT2D eigenvalue weighted by molar-refractivity contribution is -0.131. The van der Waals surface area contributed by atoms with Crippen LogP contribution in [0, 0.1) is 18.3 Å². The van der Waals surface area contributed by atoms with E-state index >= 15 is 0 Å². The van der Waals surface area contributed by atoms with E-state index in [1.165, 1.54) is 44.9 Å². The highest BCUT2D eigenvalue weighted by molar-refractivity contribution is 5.76. The summed E-state index contributed by atoms with van der Waals surface area (Å²) in [5.74, 6) is 3.29. The van der Waals surface area contributed by atoms with Crippen LogP contribution in [0.2, 0.25) is 0 Å². The second-order valence-electron chi connectivity index (χ2n) is 8.01. The molecule has 5 nitrogen and oxygen atoms in total. The molecular weight excluding hydrogens is 288 g/mol. The van der Waals surface area contributed by atoms with Gasteiger partial charge in [0, 0.05) is 25.4 Å². The van der Waals surface area contributed by atoms with Crippen LogP contribution in [0.15, 0.2) is 0 Å². The van der Waals surface area contributed by atoms with Crippen molar-refractivity contribution in [1.29, 1.82) is 0 Å². The molecule has 2 heterocycles. The predicted molar refractivity (Wildman–Crippen MR) is 87.9 cm³/mol. The number of H-pyrrole nitrogens is 1. The van der Waals surface area contributed by atoms with Gasteiger partial charge in [0.2, 0.25) is 5.91 Å². The second-order valence-corrected chi connectivity index (χ2v) is 8.01. The lowest BCUT2D eigenvalue weighted by atomic mass is 9.62. The van der Waals surface area contributed by atoms with Gasteiger partial charge in [0.05, 0.1) is 0 Å². The van der Waals surface area contributed by atoms with E-state index in [0.717, 1.165) is 43.5 Å². The van der Waals surface area contributed by atoms with Gasteiger partial charge in [0.1, 0.15) is 5.82 Å². The Morgan fingerprint density at radius 3 is 2.70 bits per heavy atom. The number of rotatable bonds is 4. The molecule has 1 aromatic rings. The molecule has 1 N–H and O–H groups in total. The third-order valence-corrected chi connectivity index (χ3v) is 6.52. The summed E-state index contributed by atoms with van der Waals surface area (Å²) >= 11 is 0. The van der Waals surface area contributed by atoms with Crippen molar-refractivity contribution >= 4 is 5.91 Å². The maximum absolute atomic E-state index is 12.7. The van der Waals surface area contributed by atoms with Crippen LogP contribution < -0.4 is 0 Å². The average molecular weight is 316 g/mol. The van der Waals surface area contributed by atoms with Crippen molar-refractivity contribution < 1.29 is 4.79 Å². The van der Waals surface area contributed by atoms with Crippen molar-refractivity contribution in [2.45, 2.75) is 70.6 Å². The number of nitrogens with one attached hydrogen (secondary N) is 1. The highest BCUT2D eigenvalue weighted by atomic mass is 16.2. The lowest BCUT2D eigenvalue weighted by Gasteiger charge is -2.41. The van der Waals surface area contributed by atoms with E-state index in [2.05, 4.69) is 20.1 Å². The molecule has 1 atom stereocenters. The maximum atomic E-state index is 12.7. The standard InChI is InChI=1S/C18H28N4O/c1-13-19-17(21-20-13)15-11-22(12-18(15)9-4-10-18)16(23)8-7-14-5-2-3-6-14/h14-15H,2-12H2,1H3,(H,19,20,21). The zero-order valence-electron chi connectivity index (χ0n) is 14.2. The molecule has 3 aliphatic rings. The molecule has 4 rings (SSSR count). The Labute approximate surface area is 138 Å².